The first-order chi connectivity index (χ1) is 11.0. The van der Waals surface area contributed by atoms with Crippen LogP contribution in [-0.2, 0) is 4.74 Å². The first-order valence-corrected chi connectivity index (χ1v) is 9.48. The minimum Gasteiger partial charge on any atom is -0.381 e. The van der Waals surface area contributed by atoms with Crippen LogP contribution in [0.25, 0.3) is 0 Å². The molecule has 0 unspecified atom stereocenters. The van der Waals surface area contributed by atoms with Gasteiger partial charge in [-0.25, -0.2) is 4.79 Å². The summed E-state index contributed by atoms with van der Waals surface area (Å²) in [4.78, 5) is 12.1. The fourth-order valence-electron chi connectivity index (χ4n) is 2.76. The van der Waals surface area contributed by atoms with Gasteiger partial charge >= 0.3 is 6.03 Å². The highest BCUT2D eigenvalue weighted by Crippen LogP contribution is 2.32. The standard InChI is InChI=1S/C18H28N2O2S/c1-14-4-6-16(7-5-14)15(2)12-19-17(21)20-13-18(23-3)8-10-22-11-9-18/h4-7,15H,8-13H2,1-3H3,(H2,19,20,21)/t15-/m0/s1. The number of carbonyl (C=O) groups excluding carboxylic acids is 1. The second-order valence-corrected chi connectivity index (χ2v) is 7.65. The number of aryl methyl sites for hydroxylation is 1. The average molecular weight is 337 g/mol. The maximum Gasteiger partial charge on any atom is 0.314 e. The summed E-state index contributed by atoms with van der Waals surface area (Å²) in [5, 5.41) is 6.02. The Kier molecular flexibility index (Phi) is 6.78. The molecule has 0 aliphatic carbocycles. The number of benzene rings is 1. The number of nitrogens with one attached hydrogen (secondary N) is 2. The van der Waals surface area contributed by atoms with Gasteiger partial charge in [0.1, 0.15) is 0 Å². The zero-order valence-electron chi connectivity index (χ0n) is 14.4. The van der Waals surface area contributed by atoms with Crippen molar-refractivity contribution in [3.63, 3.8) is 0 Å². The number of carbonyl (C=O) groups is 1. The van der Waals surface area contributed by atoms with Crippen molar-refractivity contribution in [2.24, 2.45) is 0 Å². The van der Waals surface area contributed by atoms with Gasteiger partial charge in [0.15, 0.2) is 0 Å². The van der Waals surface area contributed by atoms with Crippen LogP contribution in [0.15, 0.2) is 24.3 Å². The molecule has 1 aliphatic rings. The molecular weight excluding hydrogens is 308 g/mol. The van der Waals surface area contributed by atoms with Gasteiger partial charge in [0.25, 0.3) is 0 Å². The molecule has 1 heterocycles. The molecule has 0 radical (unpaired) electrons. The first-order valence-electron chi connectivity index (χ1n) is 8.26. The van der Waals surface area contributed by atoms with E-state index in [-0.39, 0.29) is 10.8 Å². The maximum atomic E-state index is 12.1. The molecule has 1 atom stereocenters. The lowest BCUT2D eigenvalue weighted by Gasteiger charge is -2.35. The molecule has 1 aliphatic heterocycles. The predicted octanol–water partition coefficient (Wildman–Crippen LogP) is 3.31. The maximum absolute atomic E-state index is 12.1. The van der Waals surface area contributed by atoms with Crippen LogP contribution in [0.5, 0.6) is 0 Å². The number of hydrogen-bond donors (Lipinski definition) is 2. The molecular formula is C18H28N2O2S. The van der Waals surface area contributed by atoms with Crippen LogP contribution in [-0.4, -0.2) is 43.3 Å². The second kappa shape index (κ2) is 8.60. The zero-order valence-corrected chi connectivity index (χ0v) is 15.2. The Morgan fingerprint density at radius 3 is 2.52 bits per heavy atom. The summed E-state index contributed by atoms with van der Waals surface area (Å²) in [6.45, 7) is 7.13. The highest BCUT2D eigenvalue weighted by atomic mass is 32.2. The Morgan fingerprint density at radius 1 is 1.26 bits per heavy atom. The lowest BCUT2D eigenvalue weighted by molar-refractivity contribution is 0.0777. The monoisotopic (exact) mass is 336 g/mol. The van der Waals surface area contributed by atoms with E-state index in [1.54, 1.807) is 0 Å². The second-order valence-electron chi connectivity index (χ2n) is 6.37. The van der Waals surface area contributed by atoms with E-state index in [2.05, 4.69) is 55.0 Å². The summed E-state index contributed by atoms with van der Waals surface area (Å²) in [6, 6.07) is 8.40. The van der Waals surface area contributed by atoms with Crippen LogP contribution in [0.3, 0.4) is 0 Å². The van der Waals surface area contributed by atoms with Crippen molar-refractivity contribution in [2.75, 3.05) is 32.6 Å². The quantitative estimate of drug-likeness (QED) is 0.838. The van der Waals surface area contributed by atoms with Gasteiger partial charge < -0.3 is 15.4 Å². The van der Waals surface area contributed by atoms with E-state index in [4.69, 9.17) is 4.74 Å². The fourth-order valence-corrected chi connectivity index (χ4v) is 3.55. The van der Waals surface area contributed by atoms with Crippen molar-refractivity contribution in [2.45, 2.75) is 37.4 Å². The molecule has 23 heavy (non-hydrogen) atoms. The molecule has 5 heteroatoms. The van der Waals surface area contributed by atoms with Gasteiger partial charge in [-0.2, -0.15) is 11.8 Å². The normalized spacial score (nSPS) is 18.2. The van der Waals surface area contributed by atoms with Crippen LogP contribution in [0, 0.1) is 6.92 Å². The molecule has 0 bridgehead atoms. The van der Waals surface area contributed by atoms with Crippen molar-refractivity contribution in [1.82, 2.24) is 10.6 Å². The van der Waals surface area contributed by atoms with E-state index in [0.29, 0.717) is 19.0 Å². The Morgan fingerprint density at radius 2 is 1.91 bits per heavy atom. The minimum atomic E-state index is -0.0797. The van der Waals surface area contributed by atoms with Gasteiger partial charge in [-0.15, -0.1) is 0 Å². The molecule has 2 amide bonds. The number of hydrogen-bond acceptors (Lipinski definition) is 3. The van der Waals surface area contributed by atoms with Crippen molar-refractivity contribution in [1.29, 1.82) is 0 Å². The molecule has 1 saturated heterocycles. The average Bonchev–Trinajstić information content (AvgIpc) is 2.59. The van der Waals surface area contributed by atoms with Gasteiger partial charge in [-0.1, -0.05) is 36.8 Å². The van der Waals surface area contributed by atoms with Crippen molar-refractivity contribution in [3.8, 4) is 0 Å². The van der Waals surface area contributed by atoms with E-state index in [1.165, 1.54) is 11.1 Å². The van der Waals surface area contributed by atoms with Crippen molar-refractivity contribution >= 4 is 17.8 Å². The fraction of sp³-hybridized carbons (Fsp3) is 0.611. The van der Waals surface area contributed by atoms with E-state index >= 15 is 0 Å². The Labute approximate surface area is 143 Å². The highest BCUT2D eigenvalue weighted by Gasteiger charge is 2.32. The number of amides is 2. The van der Waals surface area contributed by atoms with E-state index in [9.17, 15) is 4.79 Å². The summed E-state index contributed by atoms with van der Waals surface area (Å²) < 4.78 is 5.55. The number of urea groups is 1. The number of rotatable bonds is 6. The lowest BCUT2D eigenvalue weighted by Crippen LogP contribution is -2.47. The van der Waals surface area contributed by atoms with Gasteiger partial charge in [0.05, 0.1) is 0 Å². The minimum absolute atomic E-state index is 0.0797. The summed E-state index contributed by atoms with van der Waals surface area (Å²) in [5.41, 5.74) is 2.51. The van der Waals surface area contributed by atoms with Crippen LogP contribution < -0.4 is 10.6 Å². The number of thioether (sulfide) groups is 1. The van der Waals surface area contributed by atoms with Gasteiger partial charge in [-0.05, 0) is 37.5 Å². The Bertz CT molecular complexity index is 498. The molecule has 0 saturated carbocycles. The molecule has 2 N–H and O–H groups in total. The topological polar surface area (TPSA) is 50.4 Å². The third-order valence-corrected chi connectivity index (χ3v) is 6.04. The van der Waals surface area contributed by atoms with Crippen LogP contribution in [0.1, 0.15) is 36.8 Å². The summed E-state index contributed by atoms with van der Waals surface area (Å²) in [6.07, 6.45) is 4.10. The van der Waals surface area contributed by atoms with Crippen LogP contribution >= 0.6 is 11.8 Å². The summed E-state index contributed by atoms with van der Waals surface area (Å²) in [5.74, 6) is 0.305. The van der Waals surface area contributed by atoms with E-state index in [1.807, 2.05) is 11.8 Å². The largest absolute Gasteiger partial charge is 0.381 e. The van der Waals surface area contributed by atoms with Crippen LogP contribution in [0.2, 0.25) is 0 Å². The Balaban J connectivity index is 1.75. The molecule has 1 fully saturated rings. The summed E-state index contributed by atoms with van der Waals surface area (Å²) in [7, 11) is 0. The van der Waals surface area contributed by atoms with E-state index in [0.717, 1.165) is 26.1 Å². The summed E-state index contributed by atoms with van der Waals surface area (Å²) >= 11 is 1.84. The molecule has 2 rings (SSSR count). The first kappa shape index (κ1) is 18.1. The third kappa shape index (κ3) is 5.43. The van der Waals surface area contributed by atoms with Gasteiger partial charge in [0.2, 0.25) is 0 Å². The Hall–Kier alpha value is -1.20. The lowest BCUT2D eigenvalue weighted by atomic mass is 9.99. The molecule has 128 valence electrons. The molecule has 1 aromatic rings. The van der Waals surface area contributed by atoms with Crippen molar-refractivity contribution in [3.05, 3.63) is 35.4 Å². The molecule has 1 aromatic carbocycles. The van der Waals surface area contributed by atoms with Crippen molar-refractivity contribution < 1.29 is 9.53 Å². The van der Waals surface area contributed by atoms with Gasteiger partial charge in [-0.3, -0.25) is 0 Å². The molecule has 0 spiro atoms. The van der Waals surface area contributed by atoms with E-state index < -0.39 is 0 Å². The third-order valence-electron chi connectivity index (χ3n) is 4.62. The highest BCUT2D eigenvalue weighted by molar-refractivity contribution is 8.00. The van der Waals surface area contributed by atoms with Crippen LogP contribution in [0.4, 0.5) is 4.79 Å². The SMILES string of the molecule is CSC1(CNC(=O)NC[C@H](C)c2ccc(C)cc2)CCOCC1. The molecule has 0 aromatic heterocycles. The predicted molar refractivity (Wildman–Crippen MR) is 97.3 cm³/mol. The molecule has 4 nitrogen and oxygen atoms in total. The smallest absolute Gasteiger partial charge is 0.314 e. The number of ether oxygens (including phenoxy) is 1. The van der Waals surface area contributed by atoms with Gasteiger partial charge in [0, 0.05) is 31.1 Å². The zero-order chi connectivity index (χ0) is 16.7.